The molecule has 2 saturated carbocycles. The summed E-state index contributed by atoms with van der Waals surface area (Å²) >= 11 is 0. The maximum atomic E-state index is 12.4. The molecular weight excluding hydrogens is 308 g/mol. The fourth-order valence-electron chi connectivity index (χ4n) is 4.40. The van der Waals surface area contributed by atoms with Gasteiger partial charge >= 0.3 is 5.97 Å². The summed E-state index contributed by atoms with van der Waals surface area (Å²) in [5.41, 5.74) is 0.774. The SMILES string of the molecule is Cc1noc(C)c1C(=O)O[C@H](C)C(=O)N[C@H](C)[C@@H]1C[C@H]2CC[C@H]1C2. The number of aromatic nitrogens is 1. The van der Waals surface area contributed by atoms with Gasteiger partial charge in [0.1, 0.15) is 11.3 Å². The summed E-state index contributed by atoms with van der Waals surface area (Å²) in [4.78, 5) is 24.6. The third-order valence-electron chi connectivity index (χ3n) is 5.70. The number of fused-ring (bicyclic) bond motifs is 2. The van der Waals surface area contributed by atoms with E-state index in [1.165, 1.54) is 25.7 Å². The van der Waals surface area contributed by atoms with Crippen molar-refractivity contribution in [1.29, 1.82) is 0 Å². The summed E-state index contributed by atoms with van der Waals surface area (Å²) in [5, 5.41) is 6.77. The molecule has 2 bridgehead atoms. The van der Waals surface area contributed by atoms with Crippen LogP contribution in [-0.2, 0) is 9.53 Å². The zero-order chi connectivity index (χ0) is 17.4. The van der Waals surface area contributed by atoms with Crippen LogP contribution in [0.3, 0.4) is 0 Å². The van der Waals surface area contributed by atoms with Gasteiger partial charge in [-0.1, -0.05) is 11.6 Å². The van der Waals surface area contributed by atoms with E-state index >= 15 is 0 Å². The van der Waals surface area contributed by atoms with Crippen LogP contribution in [0, 0.1) is 31.6 Å². The third-order valence-corrected chi connectivity index (χ3v) is 5.70. The van der Waals surface area contributed by atoms with Gasteiger partial charge in [0.25, 0.3) is 5.91 Å². The van der Waals surface area contributed by atoms with E-state index in [0.717, 1.165) is 11.8 Å². The Morgan fingerprint density at radius 2 is 2.00 bits per heavy atom. The second-order valence-corrected chi connectivity index (χ2v) is 7.38. The average Bonchev–Trinajstić information content (AvgIpc) is 3.23. The molecule has 0 aliphatic heterocycles. The number of hydrogen-bond donors (Lipinski definition) is 1. The Morgan fingerprint density at radius 1 is 1.25 bits per heavy atom. The van der Waals surface area contributed by atoms with Crippen LogP contribution in [0.1, 0.15) is 61.3 Å². The Balaban J connectivity index is 1.54. The number of rotatable bonds is 5. The van der Waals surface area contributed by atoms with Gasteiger partial charge in [-0.25, -0.2) is 4.79 Å². The minimum atomic E-state index is -0.841. The first-order valence-electron chi connectivity index (χ1n) is 8.81. The quantitative estimate of drug-likeness (QED) is 0.837. The molecular formula is C18H26N2O4. The van der Waals surface area contributed by atoms with E-state index in [-0.39, 0.29) is 11.9 Å². The highest BCUT2D eigenvalue weighted by molar-refractivity contribution is 5.93. The van der Waals surface area contributed by atoms with E-state index < -0.39 is 12.1 Å². The zero-order valence-electron chi connectivity index (χ0n) is 14.8. The van der Waals surface area contributed by atoms with E-state index in [0.29, 0.717) is 22.9 Å². The summed E-state index contributed by atoms with van der Waals surface area (Å²) in [6.07, 6.45) is 4.30. The first kappa shape index (κ1) is 17.0. The van der Waals surface area contributed by atoms with Crippen LogP contribution in [0.5, 0.6) is 0 Å². The molecule has 0 aromatic carbocycles. The van der Waals surface area contributed by atoms with Crippen LogP contribution in [0.4, 0.5) is 0 Å². The van der Waals surface area contributed by atoms with Gasteiger partial charge in [0.05, 0.1) is 5.69 Å². The number of carbonyl (C=O) groups is 2. The molecule has 1 aromatic heterocycles. The predicted molar refractivity (Wildman–Crippen MR) is 87.4 cm³/mol. The molecule has 1 heterocycles. The van der Waals surface area contributed by atoms with Crippen molar-refractivity contribution in [2.75, 3.05) is 0 Å². The maximum Gasteiger partial charge on any atom is 0.344 e. The molecule has 3 rings (SSSR count). The molecule has 0 spiro atoms. The van der Waals surface area contributed by atoms with Gasteiger partial charge in [0.15, 0.2) is 6.10 Å². The first-order chi connectivity index (χ1) is 11.4. The molecule has 1 aromatic rings. The highest BCUT2D eigenvalue weighted by Gasteiger charge is 2.42. The fourth-order valence-corrected chi connectivity index (χ4v) is 4.40. The predicted octanol–water partition coefficient (Wildman–Crippen LogP) is 2.78. The molecule has 0 unspecified atom stereocenters. The number of aryl methyl sites for hydroxylation is 2. The molecule has 2 aliphatic rings. The summed E-state index contributed by atoms with van der Waals surface area (Å²) in [6, 6.07) is 0.119. The van der Waals surface area contributed by atoms with Crippen LogP contribution in [-0.4, -0.2) is 29.2 Å². The number of carbonyl (C=O) groups excluding carboxylic acids is 2. The largest absolute Gasteiger partial charge is 0.449 e. The standard InChI is InChI=1S/C18H26N2O4/c1-9(15-8-13-5-6-14(15)7-13)19-17(21)12(4)23-18(22)16-10(2)20-24-11(16)3/h9,12-15H,5-8H2,1-4H3,(H,19,21)/t9-,12-,13+,14+,15+/m1/s1. The van der Waals surface area contributed by atoms with Crippen molar-refractivity contribution in [3.05, 3.63) is 17.0 Å². The summed E-state index contributed by atoms with van der Waals surface area (Å²) in [6.45, 7) is 6.98. The van der Waals surface area contributed by atoms with Gasteiger partial charge in [0, 0.05) is 6.04 Å². The number of hydrogen-bond acceptors (Lipinski definition) is 5. The molecule has 132 valence electrons. The van der Waals surface area contributed by atoms with E-state index in [2.05, 4.69) is 17.4 Å². The average molecular weight is 334 g/mol. The lowest BCUT2D eigenvalue weighted by Gasteiger charge is -2.29. The molecule has 5 atom stereocenters. The van der Waals surface area contributed by atoms with E-state index in [1.807, 2.05) is 0 Å². The van der Waals surface area contributed by atoms with Crippen molar-refractivity contribution in [2.24, 2.45) is 17.8 Å². The molecule has 1 amide bonds. The second-order valence-electron chi connectivity index (χ2n) is 7.38. The molecule has 6 nitrogen and oxygen atoms in total. The monoisotopic (exact) mass is 334 g/mol. The van der Waals surface area contributed by atoms with Gasteiger partial charge in [0.2, 0.25) is 0 Å². The lowest BCUT2D eigenvalue weighted by atomic mass is 9.84. The third kappa shape index (κ3) is 3.19. The number of nitrogens with zero attached hydrogens (tertiary/aromatic N) is 1. The smallest absolute Gasteiger partial charge is 0.344 e. The molecule has 2 aliphatic carbocycles. The summed E-state index contributed by atoms with van der Waals surface area (Å²) < 4.78 is 10.3. The van der Waals surface area contributed by atoms with Gasteiger partial charge in [-0.05, 0) is 64.7 Å². The number of ether oxygens (including phenoxy) is 1. The second kappa shape index (κ2) is 6.57. The molecule has 24 heavy (non-hydrogen) atoms. The Hall–Kier alpha value is -1.85. The van der Waals surface area contributed by atoms with E-state index in [4.69, 9.17) is 9.26 Å². The van der Waals surface area contributed by atoms with Gasteiger partial charge in [-0.3, -0.25) is 4.79 Å². The number of amides is 1. The Morgan fingerprint density at radius 3 is 2.54 bits per heavy atom. The normalized spacial score (nSPS) is 27.8. The van der Waals surface area contributed by atoms with Crippen LogP contribution < -0.4 is 5.32 Å². The van der Waals surface area contributed by atoms with Crippen LogP contribution in [0.15, 0.2) is 4.52 Å². The van der Waals surface area contributed by atoms with Crippen LogP contribution in [0.2, 0.25) is 0 Å². The molecule has 6 heteroatoms. The minimum absolute atomic E-state index is 0.119. The highest BCUT2D eigenvalue weighted by Crippen LogP contribution is 2.49. The summed E-state index contributed by atoms with van der Waals surface area (Å²) in [7, 11) is 0. The topological polar surface area (TPSA) is 81.4 Å². The lowest BCUT2D eigenvalue weighted by molar-refractivity contribution is -0.130. The van der Waals surface area contributed by atoms with Crippen molar-refractivity contribution in [1.82, 2.24) is 10.5 Å². The Kier molecular flexibility index (Phi) is 4.65. The van der Waals surface area contributed by atoms with Crippen molar-refractivity contribution < 1.29 is 18.8 Å². The van der Waals surface area contributed by atoms with Gasteiger partial charge in [-0.15, -0.1) is 0 Å². The highest BCUT2D eigenvalue weighted by atomic mass is 16.5. The van der Waals surface area contributed by atoms with E-state index in [9.17, 15) is 9.59 Å². The molecule has 2 fully saturated rings. The van der Waals surface area contributed by atoms with Crippen molar-refractivity contribution in [3.8, 4) is 0 Å². The van der Waals surface area contributed by atoms with Crippen molar-refractivity contribution >= 4 is 11.9 Å². The molecule has 1 N–H and O–H groups in total. The lowest BCUT2D eigenvalue weighted by Crippen LogP contribution is -2.45. The van der Waals surface area contributed by atoms with Crippen LogP contribution in [0.25, 0.3) is 0 Å². The summed E-state index contributed by atoms with van der Waals surface area (Å²) in [5.74, 6) is 1.73. The van der Waals surface area contributed by atoms with Gasteiger partial charge < -0.3 is 14.6 Å². The number of esters is 1. The molecule has 0 saturated heterocycles. The van der Waals surface area contributed by atoms with Crippen LogP contribution >= 0.6 is 0 Å². The fraction of sp³-hybridized carbons (Fsp3) is 0.722. The Labute approximate surface area is 142 Å². The van der Waals surface area contributed by atoms with Crippen molar-refractivity contribution in [2.45, 2.75) is 65.5 Å². The van der Waals surface area contributed by atoms with Gasteiger partial charge in [-0.2, -0.15) is 0 Å². The number of nitrogens with one attached hydrogen (secondary N) is 1. The Bertz CT molecular complexity index is 619. The van der Waals surface area contributed by atoms with E-state index in [1.54, 1.807) is 20.8 Å². The minimum Gasteiger partial charge on any atom is -0.449 e. The first-order valence-corrected chi connectivity index (χ1v) is 8.81. The molecule has 0 radical (unpaired) electrons. The van der Waals surface area contributed by atoms with Crippen molar-refractivity contribution in [3.63, 3.8) is 0 Å². The maximum absolute atomic E-state index is 12.4. The zero-order valence-corrected chi connectivity index (χ0v) is 14.8.